The highest BCUT2D eigenvalue weighted by molar-refractivity contribution is 4.88. The van der Waals surface area contributed by atoms with Crippen LogP contribution in [0.4, 0.5) is 0 Å². The Morgan fingerprint density at radius 3 is 2.89 bits per heavy atom. The molecule has 1 unspecified atom stereocenters. The Hall–Kier alpha value is -0.710. The number of hydrogen-bond acceptors (Lipinski definition) is 2. The lowest BCUT2D eigenvalue weighted by atomic mass is 10.2. The Morgan fingerprint density at radius 2 is 2.44 bits per heavy atom. The third-order valence-electron chi connectivity index (χ3n) is 2.04. The number of nitriles is 1. The van der Waals surface area contributed by atoms with E-state index in [2.05, 4.69) is 12.2 Å². The maximum Gasteiger partial charge on any atom is 0.176 e. The van der Waals surface area contributed by atoms with Crippen LogP contribution in [0.2, 0.25) is 0 Å². The average Bonchev–Trinajstić information content (AvgIpc) is 2.62. The molecule has 2 heteroatoms. The summed E-state index contributed by atoms with van der Waals surface area (Å²) in [5.41, 5.74) is 0. The van der Waals surface area contributed by atoms with Crippen molar-refractivity contribution in [2.24, 2.45) is 11.8 Å². The van der Waals surface area contributed by atoms with Crippen LogP contribution in [0.1, 0.15) is 19.8 Å². The van der Waals surface area contributed by atoms with Gasteiger partial charge in [0.15, 0.2) is 6.19 Å². The van der Waals surface area contributed by atoms with Crippen molar-refractivity contribution >= 4 is 0 Å². The van der Waals surface area contributed by atoms with E-state index in [1.54, 1.807) is 0 Å². The molecule has 0 aromatic heterocycles. The molecule has 0 bridgehead atoms. The normalized spacial score (nSPS) is 31.1. The zero-order valence-corrected chi connectivity index (χ0v) is 5.72. The monoisotopic (exact) mass is 124 g/mol. The van der Waals surface area contributed by atoms with Crippen LogP contribution in [0, 0.1) is 23.3 Å². The van der Waals surface area contributed by atoms with Gasteiger partial charge in [0.1, 0.15) is 0 Å². The molecule has 1 N–H and O–H groups in total. The molecule has 50 valence electrons. The van der Waals surface area contributed by atoms with Crippen LogP contribution < -0.4 is 5.32 Å². The highest BCUT2D eigenvalue weighted by Crippen LogP contribution is 2.40. The summed E-state index contributed by atoms with van der Waals surface area (Å²) >= 11 is 0. The van der Waals surface area contributed by atoms with E-state index in [0.29, 0.717) is 0 Å². The summed E-state index contributed by atoms with van der Waals surface area (Å²) in [6.45, 7) is 3.10. The fourth-order valence-corrected chi connectivity index (χ4v) is 1.24. The van der Waals surface area contributed by atoms with E-state index < -0.39 is 0 Å². The maximum absolute atomic E-state index is 8.14. The summed E-state index contributed by atoms with van der Waals surface area (Å²) in [5, 5.41) is 10.8. The minimum absolute atomic E-state index is 0.801. The van der Waals surface area contributed by atoms with E-state index in [4.69, 9.17) is 5.26 Å². The highest BCUT2D eigenvalue weighted by atomic mass is 14.9. The van der Waals surface area contributed by atoms with Gasteiger partial charge < -0.3 is 5.32 Å². The minimum atomic E-state index is 0.801. The Bertz CT molecular complexity index is 125. The second-order valence-electron chi connectivity index (χ2n) is 2.66. The van der Waals surface area contributed by atoms with Crippen LogP contribution in [-0.2, 0) is 0 Å². The first-order chi connectivity index (χ1) is 4.38. The van der Waals surface area contributed by atoms with Crippen LogP contribution in [0.3, 0.4) is 0 Å². The number of nitrogens with one attached hydrogen (secondary N) is 1. The molecular formula is C7H12N2. The van der Waals surface area contributed by atoms with E-state index in [9.17, 15) is 0 Å². The molecule has 0 radical (unpaired) electrons. The standard InChI is InChI=1S/C7H12N2/c1-2-6-3-7(6)4-9-5-8/h6-7,9H,2-4H2,1H3/t6?,7-/m1/s1. The molecule has 1 rings (SSSR count). The van der Waals surface area contributed by atoms with Gasteiger partial charge in [0, 0.05) is 6.54 Å². The molecule has 2 atom stereocenters. The van der Waals surface area contributed by atoms with Crippen molar-refractivity contribution in [2.45, 2.75) is 19.8 Å². The third-order valence-corrected chi connectivity index (χ3v) is 2.04. The van der Waals surface area contributed by atoms with Gasteiger partial charge in [-0.25, -0.2) is 0 Å². The van der Waals surface area contributed by atoms with Crippen molar-refractivity contribution < 1.29 is 0 Å². The smallest absolute Gasteiger partial charge is 0.176 e. The fraction of sp³-hybridized carbons (Fsp3) is 0.857. The number of rotatable bonds is 3. The molecule has 0 aromatic rings. The number of hydrogen-bond donors (Lipinski definition) is 1. The van der Waals surface area contributed by atoms with Gasteiger partial charge in [0.25, 0.3) is 0 Å². The topological polar surface area (TPSA) is 35.8 Å². The van der Waals surface area contributed by atoms with Crippen molar-refractivity contribution in [1.29, 1.82) is 5.26 Å². The zero-order chi connectivity index (χ0) is 6.69. The molecule has 1 saturated carbocycles. The molecule has 1 fully saturated rings. The highest BCUT2D eigenvalue weighted by Gasteiger charge is 2.34. The lowest BCUT2D eigenvalue weighted by Crippen LogP contribution is -2.09. The van der Waals surface area contributed by atoms with E-state index in [1.165, 1.54) is 12.8 Å². The van der Waals surface area contributed by atoms with Gasteiger partial charge in [-0.1, -0.05) is 13.3 Å². The Labute approximate surface area is 55.9 Å². The Balaban J connectivity index is 2.00. The van der Waals surface area contributed by atoms with Gasteiger partial charge in [0.05, 0.1) is 0 Å². The first-order valence-electron chi connectivity index (χ1n) is 3.50. The largest absolute Gasteiger partial charge is 0.324 e. The predicted molar refractivity (Wildman–Crippen MR) is 35.5 cm³/mol. The fourth-order valence-electron chi connectivity index (χ4n) is 1.24. The molecule has 0 saturated heterocycles. The molecule has 1 aliphatic carbocycles. The SMILES string of the molecule is CCC1C[C@@H]1CNC#N. The summed E-state index contributed by atoms with van der Waals surface area (Å²) in [7, 11) is 0. The molecule has 0 heterocycles. The Kier molecular flexibility index (Phi) is 1.94. The first-order valence-corrected chi connectivity index (χ1v) is 3.50. The second kappa shape index (κ2) is 2.72. The van der Waals surface area contributed by atoms with Gasteiger partial charge in [0.2, 0.25) is 0 Å². The van der Waals surface area contributed by atoms with Gasteiger partial charge in [-0.2, -0.15) is 5.26 Å². The van der Waals surface area contributed by atoms with Crippen molar-refractivity contribution in [3.63, 3.8) is 0 Å². The van der Waals surface area contributed by atoms with Crippen LogP contribution in [0.15, 0.2) is 0 Å². The van der Waals surface area contributed by atoms with Crippen LogP contribution >= 0.6 is 0 Å². The van der Waals surface area contributed by atoms with Crippen molar-refractivity contribution in [2.75, 3.05) is 6.54 Å². The summed E-state index contributed by atoms with van der Waals surface area (Å²) in [4.78, 5) is 0. The second-order valence-corrected chi connectivity index (χ2v) is 2.66. The summed E-state index contributed by atoms with van der Waals surface area (Å²) < 4.78 is 0. The van der Waals surface area contributed by atoms with E-state index in [-0.39, 0.29) is 0 Å². The molecule has 0 spiro atoms. The predicted octanol–water partition coefficient (Wildman–Crippen LogP) is 1.10. The summed E-state index contributed by atoms with van der Waals surface area (Å²) in [5.74, 6) is 1.71. The van der Waals surface area contributed by atoms with Gasteiger partial charge in [-0.15, -0.1) is 0 Å². The summed E-state index contributed by atoms with van der Waals surface area (Å²) in [6, 6.07) is 0. The van der Waals surface area contributed by atoms with E-state index >= 15 is 0 Å². The lowest BCUT2D eigenvalue weighted by Gasteiger charge is -1.92. The number of nitrogens with zero attached hydrogens (tertiary/aromatic N) is 1. The van der Waals surface area contributed by atoms with Crippen molar-refractivity contribution in [3.05, 3.63) is 0 Å². The lowest BCUT2D eigenvalue weighted by molar-refractivity contribution is 0.653. The van der Waals surface area contributed by atoms with Crippen molar-refractivity contribution in [1.82, 2.24) is 5.32 Å². The molecule has 0 aliphatic heterocycles. The molecule has 9 heavy (non-hydrogen) atoms. The molecule has 2 nitrogen and oxygen atoms in total. The molecule has 1 aliphatic rings. The summed E-state index contributed by atoms with van der Waals surface area (Å²) in [6.07, 6.45) is 4.53. The third kappa shape index (κ3) is 1.60. The minimum Gasteiger partial charge on any atom is -0.324 e. The van der Waals surface area contributed by atoms with Crippen LogP contribution in [-0.4, -0.2) is 6.54 Å². The first kappa shape index (κ1) is 6.41. The molecule has 0 amide bonds. The maximum atomic E-state index is 8.14. The quantitative estimate of drug-likeness (QED) is 0.452. The Morgan fingerprint density at radius 1 is 1.67 bits per heavy atom. The van der Waals surface area contributed by atoms with Gasteiger partial charge in [-0.3, -0.25) is 0 Å². The van der Waals surface area contributed by atoms with Crippen LogP contribution in [0.5, 0.6) is 0 Å². The van der Waals surface area contributed by atoms with Crippen molar-refractivity contribution in [3.8, 4) is 6.19 Å². The molecule has 0 aromatic carbocycles. The zero-order valence-electron chi connectivity index (χ0n) is 5.72. The van der Waals surface area contributed by atoms with Crippen LogP contribution in [0.25, 0.3) is 0 Å². The molecular weight excluding hydrogens is 112 g/mol. The van der Waals surface area contributed by atoms with E-state index in [0.717, 1.165) is 18.4 Å². The average molecular weight is 124 g/mol. The van der Waals surface area contributed by atoms with Gasteiger partial charge >= 0.3 is 0 Å². The van der Waals surface area contributed by atoms with E-state index in [1.807, 2.05) is 6.19 Å². The van der Waals surface area contributed by atoms with Gasteiger partial charge in [-0.05, 0) is 18.3 Å².